The van der Waals surface area contributed by atoms with Crippen LogP contribution in [0, 0.1) is 0 Å². The van der Waals surface area contributed by atoms with Crippen molar-refractivity contribution < 1.29 is 43.7 Å². The Morgan fingerprint density at radius 3 is 1.89 bits per heavy atom. The van der Waals surface area contributed by atoms with Gasteiger partial charge in [-0.25, -0.2) is 4.79 Å². The zero-order valence-corrected chi connectivity index (χ0v) is 19.7. The number of carbonyl (C=O) groups is 1. The summed E-state index contributed by atoms with van der Waals surface area (Å²) in [4.78, 5) is 8.28. The molecule has 0 aliphatic rings. The molecule has 0 fully saturated rings. The molecule has 3 aromatic carbocycles. The summed E-state index contributed by atoms with van der Waals surface area (Å²) >= 11 is 0. The van der Waals surface area contributed by atoms with Crippen LogP contribution in [0.5, 0.6) is 0 Å². The first-order valence-corrected chi connectivity index (χ1v) is 13.0. The molecule has 0 aromatic heterocycles. The smallest absolute Gasteiger partial charge is 0.316 e. The number of benzene rings is 3. The van der Waals surface area contributed by atoms with Crippen LogP contribution in [0.15, 0.2) is 73.4 Å². The molecule has 15 nitrogen and oxygen atoms in total. The largest absolute Gasteiger partial charge is 0.351 e. The minimum Gasteiger partial charge on any atom is -0.351 e. The second-order valence-electron chi connectivity index (χ2n) is 6.59. The molecule has 0 unspecified atom stereocenters. The first-order chi connectivity index (χ1) is 15.6. The van der Waals surface area contributed by atoms with Gasteiger partial charge in [-0.2, -0.15) is 25.3 Å². The third-order valence-electron chi connectivity index (χ3n) is 4.25. The standard InChI is InChI=1S/C17H14N4O10S3.H3N/c18-17(22)19-12-3-1-2-4-13(12)20-21-14-8-11-9(6-16(14)34(29,30)31)5-10(32(23,24)25)7-15(11)33(26,27)28;/h1-8H,(H3,18,19,22)(H,23,24,25)(H,26,27,28)(H,29,30,31);1H3. The molecular formula is C17H17N5O10S3. The summed E-state index contributed by atoms with van der Waals surface area (Å²) in [5, 5.41) is 8.95. The summed E-state index contributed by atoms with van der Waals surface area (Å²) in [5.74, 6) is 0. The predicted molar refractivity (Wildman–Crippen MR) is 122 cm³/mol. The maximum Gasteiger partial charge on any atom is 0.316 e. The summed E-state index contributed by atoms with van der Waals surface area (Å²) in [6, 6.07) is 7.51. The molecule has 0 aliphatic heterocycles. The molecular weight excluding hydrogens is 530 g/mol. The zero-order valence-electron chi connectivity index (χ0n) is 17.2. The molecule has 0 saturated carbocycles. The van der Waals surface area contributed by atoms with Crippen LogP contribution in [0.3, 0.4) is 0 Å². The lowest BCUT2D eigenvalue weighted by Crippen LogP contribution is -2.19. The van der Waals surface area contributed by atoms with Crippen LogP contribution < -0.4 is 17.2 Å². The molecule has 3 aromatic rings. The second-order valence-corrected chi connectivity index (χ2v) is 10.8. The van der Waals surface area contributed by atoms with Gasteiger partial charge in [0.25, 0.3) is 30.4 Å². The Morgan fingerprint density at radius 1 is 0.771 bits per heavy atom. The lowest BCUT2D eigenvalue weighted by molar-refractivity contribution is 0.259. The predicted octanol–water partition coefficient (Wildman–Crippen LogP) is 2.65. The van der Waals surface area contributed by atoms with E-state index < -0.39 is 67.5 Å². The summed E-state index contributed by atoms with van der Waals surface area (Å²) in [6.45, 7) is 0. The number of nitrogens with two attached hydrogens (primary N) is 1. The number of carbonyl (C=O) groups excluding carboxylic acids is 1. The van der Waals surface area contributed by atoms with Gasteiger partial charge in [0.1, 0.15) is 21.2 Å². The zero-order chi connectivity index (χ0) is 25.5. The van der Waals surface area contributed by atoms with Gasteiger partial charge < -0.3 is 17.2 Å². The van der Waals surface area contributed by atoms with Crippen LogP contribution in [0.25, 0.3) is 10.8 Å². The van der Waals surface area contributed by atoms with E-state index in [4.69, 9.17) is 5.73 Å². The van der Waals surface area contributed by atoms with Gasteiger partial charge in [0, 0.05) is 5.39 Å². The van der Waals surface area contributed by atoms with Gasteiger partial charge in [0.05, 0.1) is 10.6 Å². The fraction of sp³-hybridized carbons (Fsp3) is 0. The number of hydrogen-bond acceptors (Lipinski definition) is 10. The fourth-order valence-electron chi connectivity index (χ4n) is 2.87. The number of para-hydroxylation sites is 1. The lowest BCUT2D eigenvalue weighted by Gasteiger charge is -2.10. The van der Waals surface area contributed by atoms with Crippen molar-refractivity contribution in [3.05, 3.63) is 48.5 Å². The van der Waals surface area contributed by atoms with Crippen molar-refractivity contribution in [1.82, 2.24) is 6.15 Å². The number of primary amides is 1. The highest BCUT2D eigenvalue weighted by Gasteiger charge is 2.24. The third-order valence-corrected chi connectivity index (χ3v) is 6.86. The summed E-state index contributed by atoms with van der Waals surface area (Å²) in [7, 11) is -15.1. The molecule has 18 heteroatoms. The van der Waals surface area contributed by atoms with Crippen molar-refractivity contribution in [2.75, 3.05) is 5.32 Å². The Labute approximate surface area is 198 Å². The summed E-state index contributed by atoms with van der Waals surface area (Å²) in [6.07, 6.45) is 0. The molecule has 0 heterocycles. The third kappa shape index (κ3) is 6.33. The van der Waals surface area contributed by atoms with E-state index in [0.717, 1.165) is 12.1 Å². The average molecular weight is 548 g/mol. The van der Waals surface area contributed by atoms with E-state index >= 15 is 0 Å². The maximum absolute atomic E-state index is 11.9. The minimum absolute atomic E-state index is 0. The van der Waals surface area contributed by atoms with Crippen LogP contribution >= 0.6 is 0 Å². The van der Waals surface area contributed by atoms with Crippen molar-refractivity contribution in [2.45, 2.75) is 14.7 Å². The van der Waals surface area contributed by atoms with Crippen LogP contribution in [0.2, 0.25) is 0 Å². The molecule has 0 saturated heterocycles. The van der Waals surface area contributed by atoms with E-state index in [-0.39, 0.29) is 17.5 Å². The molecule has 0 aliphatic carbocycles. The second kappa shape index (κ2) is 9.62. The number of amides is 2. The van der Waals surface area contributed by atoms with E-state index in [1.54, 1.807) is 0 Å². The minimum atomic E-state index is -5.09. The Kier molecular flexibility index (Phi) is 7.62. The molecule has 9 N–H and O–H groups in total. The molecule has 2 amide bonds. The van der Waals surface area contributed by atoms with Gasteiger partial charge in [-0.1, -0.05) is 12.1 Å². The maximum atomic E-state index is 11.9. The van der Waals surface area contributed by atoms with Crippen molar-refractivity contribution in [3.63, 3.8) is 0 Å². The molecule has 0 spiro atoms. The number of fused-ring (bicyclic) bond motifs is 1. The van der Waals surface area contributed by atoms with E-state index in [2.05, 4.69) is 15.5 Å². The van der Waals surface area contributed by atoms with Gasteiger partial charge >= 0.3 is 6.03 Å². The van der Waals surface area contributed by atoms with Crippen molar-refractivity contribution in [3.8, 4) is 0 Å². The van der Waals surface area contributed by atoms with Gasteiger partial charge in [0.15, 0.2) is 0 Å². The van der Waals surface area contributed by atoms with Gasteiger partial charge in [-0.3, -0.25) is 13.7 Å². The summed E-state index contributed by atoms with van der Waals surface area (Å²) < 4.78 is 99.0. The average Bonchev–Trinajstić information content (AvgIpc) is 2.69. The molecule has 3 rings (SSSR count). The molecule has 35 heavy (non-hydrogen) atoms. The van der Waals surface area contributed by atoms with Crippen LogP contribution in [0.4, 0.5) is 21.9 Å². The lowest BCUT2D eigenvalue weighted by atomic mass is 10.1. The van der Waals surface area contributed by atoms with Crippen molar-refractivity contribution >= 4 is 64.2 Å². The Bertz CT molecular complexity index is 1680. The number of rotatable bonds is 6. The molecule has 0 radical (unpaired) electrons. The number of hydrogen-bond donors (Lipinski definition) is 6. The number of anilines is 1. The Balaban J connectivity index is 0.00000432. The number of urea groups is 1. The van der Waals surface area contributed by atoms with Gasteiger partial charge in [0.2, 0.25) is 0 Å². The number of azo groups is 1. The quantitative estimate of drug-likeness (QED) is 0.192. The van der Waals surface area contributed by atoms with Crippen LogP contribution in [-0.2, 0) is 30.4 Å². The fourth-order valence-corrected chi connectivity index (χ4v) is 4.86. The normalized spacial score (nSPS) is 12.4. The van der Waals surface area contributed by atoms with Crippen molar-refractivity contribution in [2.24, 2.45) is 16.0 Å². The van der Waals surface area contributed by atoms with E-state index in [0.29, 0.717) is 12.1 Å². The van der Waals surface area contributed by atoms with E-state index in [9.17, 15) is 43.7 Å². The number of nitrogens with zero attached hydrogens (tertiary/aromatic N) is 2. The number of nitrogens with one attached hydrogen (secondary N) is 1. The Morgan fingerprint density at radius 2 is 1.34 bits per heavy atom. The first kappa shape index (κ1) is 27.7. The van der Waals surface area contributed by atoms with Crippen LogP contribution in [-0.4, -0.2) is 44.9 Å². The highest BCUT2D eigenvalue weighted by molar-refractivity contribution is 7.87. The highest BCUT2D eigenvalue weighted by atomic mass is 32.2. The van der Waals surface area contributed by atoms with Gasteiger partial charge in [-0.05, 0) is 41.8 Å². The topological polar surface area (TPSA) is 278 Å². The van der Waals surface area contributed by atoms with Gasteiger partial charge in [-0.15, -0.1) is 10.2 Å². The SMILES string of the molecule is N.NC(=O)Nc1ccccc1N=Nc1cc2c(S(=O)(=O)O)cc(S(=O)(=O)O)cc2cc1S(=O)(=O)O. The molecule has 0 atom stereocenters. The van der Waals surface area contributed by atoms with Crippen LogP contribution in [0.1, 0.15) is 0 Å². The van der Waals surface area contributed by atoms with Crippen molar-refractivity contribution in [1.29, 1.82) is 0 Å². The monoisotopic (exact) mass is 547 g/mol. The van der Waals surface area contributed by atoms with E-state index in [1.165, 1.54) is 24.3 Å². The molecule has 188 valence electrons. The summed E-state index contributed by atoms with van der Waals surface area (Å²) in [5.41, 5.74) is 4.55. The first-order valence-electron chi connectivity index (χ1n) is 8.69. The molecule has 0 bridgehead atoms. The Hall–Kier alpha value is -3.52. The van der Waals surface area contributed by atoms with E-state index in [1.807, 2.05) is 0 Å². The highest BCUT2D eigenvalue weighted by Crippen LogP contribution is 2.36.